The molecule has 0 aliphatic heterocycles. The molecule has 0 spiro atoms. The van der Waals surface area contributed by atoms with E-state index in [0.29, 0.717) is 10.6 Å². The second kappa shape index (κ2) is 3.90. The van der Waals surface area contributed by atoms with Crippen LogP contribution in [0.1, 0.15) is 0 Å². The molecule has 0 aliphatic carbocycles. The van der Waals surface area contributed by atoms with Gasteiger partial charge in [0.05, 0.1) is 5.02 Å². The van der Waals surface area contributed by atoms with Crippen molar-refractivity contribution < 1.29 is 8.78 Å². The van der Waals surface area contributed by atoms with Crippen LogP contribution in [0.4, 0.5) is 8.78 Å². The van der Waals surface area contributed by atoms with Crippen molar-refractivity contribution in [3.63, 3.8) is 0 Å². The summed E-state index contributed by atoms with van der Waals surface area (Å²) in [5, 5.41) is 0.385. The fourth-order valence-corrected chi connectivity index (χ4v) is 1.36. The van der Waals surface area contributed by atoms with E-state index in [1.54, 1.807) is 0 Å². The normalized spacial score (nSPS) is 10.3. The third-order valence-corrected chi connectivity index (χ3v) is 2.04. The van der Waals surface area contributed by atoms with E-state index in [9.17, 15) is 8.78 Å². The molecule has 76 valence electrons. The third kappa shape index (κ3) is 2.10. The molecule has 0 saturated heterocycles. The zero-order chi connectivity index (χ0) is 10.8. The van der Waals surface area contributed by atoms with E-state index in [1.165, 1.54) is 24.5 Å². The Hall–Kier alpha value is -1.55. The minimum Gasteiger partial charge on any atom is -0.263 e. The summed E-state index contributed by atoms with van der Waals surface area (Å²) in [6, 6.07) is 3.91. The van der Waals surface area contributed by atoms with Crippen LogP contribution in [0.15, 0.2) is 30.6 Å². The van der Waals surface area contributed by atoms with Crippen LogP contribution in [0.5, 0.6) is 0 Å². The Balaban J connectivity index is 2.54. The lowest BCUT2D eigenvalue weighted by Crippen LogP contribution is -1.92. The van der Waals surface area contributed by atoms with Crippen molar-refractivity contribution in [1.29, 1.82) is 0 Å². The summed E-state index contributed by atoms with van der Waals surface area (Å²) in [5.74, 6) is -1.73. The van der Waals surface area contributed by atoms with Crippen molar-refractivity contribution in [3.8, 4) is 11.1 Å². The van der Waals surface area contributed by atoms with Gasteiger partial charge in [-0.25, -0.2) is 0 Å². The number of rotatable bonds is 1. The van der Waals surface area contributed by atoms with Crippen LogP contribution < -0.4 is 0 Å². The van der Waals surface area contributed by atoms with Crippen LogP contribution in [-0.4, -0.2) is 9.97 Å². The minimum absolute atomic E-state index is 0.173. The predicted octanol–water partition coefficient (Wildman–Crippen LogP) is 3.08. The molecule has 0 aliphatic rings. The van der Waals surface area contributed by atoms with Gasteiger partial charge in [0.2, 0.25) is 11.9 Å². The van der Waals surface area contributed by atoms with Gasteiger partial charge >= 0.3 is 0 Å². The van der Waals surface area contributed by atoms with Crippen molar-refractivity contribution in [3.05, 3.63) is 47.5 Å². The molecule has 0 unspecified atom stereocenters. The molecule has 2 aromatic rings. The average molecular weight is 227 g/mol. The molecule has 0 fully saturated rings. The van der Waals surface area contributed by atoms with Gasteiger partial charge in [0.15, 0.2) is 0 Å². The maximum absolute atomic E-state index is 13.2. The van der Waals surface area contributed by atoms with E-state index in [4.69, 9.17) is 11.6 Å². The molecule has 0 N–H and O–H groups in total. The average Bonchev–Trinajstić information content (AvgIpc) is 2.17. The molecule has 0 radical (unpaired) electrons. The van der Waals surface area contributed by atoms with Crippen molar-refractivity contribution in [1.82, 2.24) is 9.97 Å². The van der Waals surface area contributed by atoms with Gasteiger partial charge in [0, 0.05) is 23.5 Å². The second-order valence-electron chi connectivity index (χ2n) is 2.86. The first-order valence-corrected chi connectivity index (χ1v) is 4.47. The Kier molecular flexibility index (Phi) is 2.60. The quantitative estimate of drug-likeness (QED) is 0.699. The smallest absolute Gasteiger partial charge is 0.223 e. The lowest BCUT2D eigenvalue weighted by molar-refractivity contribution is 0.515. The molecule has 0 aromatic carbocycles. The third-order valence-electron chi connectivity index (χ3n) is 1.83. The highest BCUT2D eigenvalue weighted by molar-refractivity contribution is 6.30. The number of nitrogens with zero attached hydrogens (tertiary/aromatic N) is 2. The Morgan fingerprint density at radius 1 is 1.13 bits per heavy atom. The standard InChI is InChI=1S/C10H5ClF2N2/c11-7-3-6(4-14-5-7)8-1-2-9(12)15-10(8)13/h1-5H. The largest absolute Gasteiger partial charge is 0.263 e. The zero-order valence-corrected chi connectivity index (χ0v) is 8.17. The van der Waals surface area contributed by atoms with Crippen molar-refractivity contribution >= 4 is 11.6 Å². The summed E-state index contributed by atoms with van der Waals surface area (Å²) < 4.78 is 25.8. The summed E-state index contributed by atoms with van der Waals surface area (Å²) in [7, 11) is 0. The second-order valence-corrected chi connectivity index (χ2v) is 3.30. The molecule has 15 heavy (non-hydrogen) atoms. The van der Waals surface area contributed by atoms with Crippen molar-refractivity contribution in [2.45, 2.75) is 0 Å². The molecule has 0 atom stereocenters. The van der Waals surface area contributed by atoms with Crippen LogP contribution in [0.2, 0.25) is 5.02 Å². The minimum atomic E-state index is -0.876. The SMILES string of the molecule is Fc1ccc(-c2cncc(Cl)c2)c(F)n1. The fourth-order valence-electron chi connectivity index (χ4n) is 1.19. The van der Waals surface area contributed by atoms with Gasteiger partial charge in [0.25, 0.3) is 0 Å². The summed E-state index contributed by atoms with van der Waals surface area (Å²) in [4.78, 5) is 6.88. The summed E-state index contributed by atoms with van der Waals surface area (Å²) in [6.07, 6.45) is 2.86. The maximum Gasteiger partial charge on any atom is 0.223 e. The van der Waals surface area contributed by atoms with E-state index < -0.39 is 11.9 Å². The topological polar surface area (TPSA) is 25.8 Å². The number of hydrogen-bond donors (Lipinski definition) is 0. The zero-order valence-electron chi connectivity index (χ0n) is 7.42. The highest BCUT2D eigenvalue weighted by atomic mass is 35.5. The van der Waals surface area contributed by atoms with Gasteiger partial charge in [0.1, 0.15) is 0 Å². The van der Waals surface area contributed by atoms with Gasteiger partial charge in [-0.2, -0.15) is 13.8 Å². The van der Waals surface area contributed by atoms with Crippen LogP contribution >= 0.6 is 11.6 Å². The molecule has 0 bridgehead atoms. The Bertz CT molecular complexity index is 503. The molecule has 2 rings (SSSR count). The molecular weight excluding hydrogens is 222 g/mol. The lowest BCUT2D eigenvalue weighted by atomic mass is 10.1. The predicted molar refractivity (Wildman–Crippen MR) is 52.4 cm³/mol. The van der Waals surface area contributed by atoms with Crippen LogP contribution in [0.25, 0.3) is 11.1 Å². The number of pyridine rings is 2. The Labute approximate surface area is 89.6 Å². The summed E-state index contributed by atoms with van der Waals surface area (Å²) >= 11 is 5.70. The first-order valence-electron chi connectivity index (χ1n) is 4.10. The molecule has 2 nitrogen and oxygen atoms in total. The monoisotopic (exact) mass is 226 g/mol. The summed E-state index contributed by atoms with van der Waals surface area (Å²) in [5.41, 5.74) is 0.638. The fraction of sp³-hybridized carbons (Fsp3) is 0. The molecule has 2 aromatic heterocycles. The van der Waals surface area contributed by atoms with Crippen LogP contribution in [0, 0.1) is 11.9 Å². The van der Waals surface area contributed by atoms with Gasteiger partial charge in [-0.1, -0.05) is 11.6 Å². The van der Waals surface area contributed by atoms with E-state index in [-0.39, 0.29) is 5.56 Å². The van der Waals surface area contributed by atoms with Gasteiger partial charge < -0.3 is 0 Å². The van der Waals surface area contributed by atoms with E-state index in [2.05, 4.69) is 9.97 Å². The van der Waals surface area contributed by atoms with Crippen LogP contribution in [-0.2, 0) is 0 Å². The highest BCUT2D eigenvalue weighted by Gasteiger charge is 2.08. The lowest BCUT2D eigenvalue weighted by Gasteiger charge is -2.02. The van der Waals surface area contributed by atoms with Crippen LogP contribution in [0.3, 0.4) is 0 Å². The molecule has 0 saturated carbocycles. The molecule has 2 heterocycles. The van der Waals surface area contributed by atoms with Crippen molar-refractivity contribution in [2.24, 2.45) is 0 Å². The Morgan fingerprint density at radius 2 is 1.93 bits per heavy atom. The van der Waals surface area contributed by atoms with Crippen molar-refractivity contribution in [2.75, 3.05) is 0 Å². The first-order chi connectivity index (χ1) is 7.16. The van der Waals surface area contributed by atoms with Gasteiger partial charge in [-0.05, 0) is 18.2 Å². The van der Waals surface area contributed by atoms with E-state index in [1.807, 2.05) is 0 Å². The van der Waals surface area contributed by atoms with E-state index in [0.717, 1.165) is 6.07 Å². The van der Waals surface area contributed by atoms with Gasteiger partial charge in [-0.3, -0.25) is 4.98 Å². The number of hydrogen-bond acceptors (Lipinski definition) is 2. The number of halogens is 3. The van der Waals surface area contributed by atoms with E-state index >= 15 is 0 Å². The Morgan fingerprint density at radius 3 is 2.60 bits per heavy atom. The molecular formula is C10H5ClF2N2. The number of aromatic nitrogens is 2. The summed E-state index contributed by atoms with van der Waals surface area (Å²) in [6.45, 7) is 0. The first kappa shape index (κ1) is 9.98. The molecule has 5 heteroatoms. The van der Waals surface area contributed by atoms with Gasteiger partial charge in [-0.15, -0.1) is 0 Å². The highest BCUT2D eigenvalue weighted by Crippen LogP contribution is 2.23. The molecule has 0 amide bonds. The maximum atomic E-state index is 13.2.